The van der Waals surface area contributed by atoms with E-state index in [1.165, 1.54) is 25.3 Å². The Morgan fingerprint density at radius 3 is 2.73 bits per heavy atom. The topological polar surface area (TPSA) is 89.0 Å². The van der Waals surface area contributed by atoms with E-state index in [4.69, 9.17) is 4.74 Å². The Balaban J connectivity index is 2.23. The van der Waals surface area contributed by atoms with Crippen LogP contribution < -0.4 is 21.4 Å². The third-order valence-corrected chi connectivity index (χ3v) is 3.07. The Kier molecular flexibility index (Phi) is 4.59. The lowest BCUT2D eigenvalue weighted by Crippen LogP contribution is -2.38. The van der Waals surface area contributed by atoms with Crippen LogP contribution in [-0.2, 0) is 6.54 Å². The molecule has 0 radical (unpaired) electrons. The van der Waals surface area contributed by atoms with Crippen molar-refractivity contribution in [1.29, 1.82) is 0 Å². The molecule has 118 valence electrons. The smallest absolute Gasteiger partial charge is 0.355 e. The largest absolute Gasteiger partial charge is 0.497 e. The summed E-state index contributed by atoms with van der Waals surface area (Å²) in [5.41, 5.74) is -0.897. The SMILES string of the molecule is COc1ccc(F)c(CNc2nc(=O)n(C(C)C)c(=O)[nH]2)c1. The number of aromatic nitrogens is 3. The Bertz CT molecular complexity index is 751. The summed E-state index contributed by atoms with van der Waals surface area (Å²) in [6, 6.07) is 4.01. The molecule has 7 nitrogen and oxygen atoms in total. The fraction of sp³-hybridized carbons (Fsp3) is 0.357. The van der Waals surface area contributed by atoms with Gasteiger partial charge < -0.3 is 10.1 Å². The van der Waals surface area contributed by atoms with E-state index in [0.29, 0.717) is 11.3 Å². The van der Waals surface area contributed by atoms with Gasteiger partial charge in [-0.3, -0.25) is 4.98 Å². The van der Waals surface area contributed by atoms with Gasteiger partial charge in [-0.25, -0.2) is 18.5 Å². The zero-order valence-electron chi connectivity index (χ0n) is 12.5. The molecule has 2 aromatic rings. The maximum absolute atomic E-state index is 13.7. The normalized spacial score (nSPS) is 10.8. The summed E-state index contributed by atoms with van der Waals surface area (Å²) in [5, 5.41) is 2.73. The van der Waals surface area contributed by atoms with Crippen molar-refractivity contribution in [3.8, 4) is 5.75 Å². The highest BCUT2D eigenvalue weighted by atomic mass is 19.1. The van der Waals surface area contributed by atoms with Gasteiger partial charge in [0, 0.05) is 18.2 Å². The minimum Gasteiger partial charge on any atom is -0.497 e. The molecule has 1 aromatic heterocycles. The first-order valence-electron chi connectivity index (χ1n) is 6.71. The summed E-state index contributed by atoms with van der Waals surface area (Å²) < 4.78 is 19.7. The van der Waals surface area contributed by atoms with Gasteiger partial charge in [0.25, 0.3) is 0 Å². The number of hydrogen-bond acceptors (Lipinski definition) is 5. The van der Waals surface area contributed by atoms with Crippen LogP contribution in [-0.4, -0.2) is 21.6 Å². The first-order valence-corrected chi connectivity index (χ1v) is 6.71. The molecular weight excluding hydrogens is 291 g/mol. The van der Waals surface area contributed by atoms with Gasteiger partial charge in [0.05, 0.1) is 7.11 Å². The lowest BCUT2D eigenvalue weighted by Gasteiger charge is -2.10. The van der Waals surface area contributed by atoms with E-state index in [9.17, 15) is 14.0 Å². The predicted molar refractivity (Wildman–Crippen MR) is 79.8 cm³/mol. The van der Waals surface area contributed by atoms with E-state index in [-0.39, 0.29) is 18.5 Å². The number of halogens is 1. The molecule has 0 amide bonds. The number of H-pyrrole nitrogens is 1. The van der Waals surface area contributed by atoms with Crippen LogP contribution in [0.1, 0.15) is 25.5 Å². The summed E-state index contributed by atoms with van der Waals surface area (Å²) in [6.07, 6.45) is 0. The van der Waals surface area contributed by atoms with Gasteiger partial charge in [0.15, 0.2) is 0 Å². The van der Waals surface area contributed by atoms with Gasteiger partial charge in [-0.05, 0) is 32.0 Å². The first-order chi connectivity index (χ1) is 10.4. The molecule has 0 saturated heterocycles. The minimum atomic E-state index is -0.660. The molecule has 8 heteroatoms. The zero-order valence-corrected chi connectivity index (χ0v) is 12.5. The molecule has 0 aliphatic rings. The van der Waals surface area contributed by atoms with Crippen LogP contribution in [0.25, 0.3) is 0 Å². The Hall–Kier alpha value is -2.64. The number of hydrogen-bond donors (Lipinski definition) is 2. The Morgan fingerprint density at radius 2 is 2.14 bits per heavy atom. The van der Waals surface area contributed by atoms with Gasteiger partial charge in [-0.2, -0.15) is 4.98 Å². The van der Waals surface area contributed by atoms with Crippen LogP contribution in [0.4, 0.5) is 10.3 Å². The average molecular weight is 308 g/mol. The van der Waals surface area contributed by atoms with Gasteiger partial charge >= 0.3 is 11.4 Å². The van der Waals surface area contributed by atoms with E-state index < -0.39 is 17.2 Å². The van der Waals surface area contributed by atoms with Crippen LogP contribution in [0.2, 0.25) is 0 Å². The molecule has 1 heterocycles. The molecule has 2 rings (SSSR count). The number of rotatable bonds is 5. The van der Waals surface area contributed by atoms with Gasteiger partial charge in [-0.1, -0.05) is 0 Å². The molecule has 0 fully saturated rings. The van der Waals surface area contributed by atoms with Crippen LogP contribution >= 0.6 is 0 Å². The van der Waals surface area contributed by atoms with Crippen LogP contribution in [0.5, 0.6) is 5.75 Å². The molecule has 22 heavy (non-hydrogen) atoms. The molecule has 2 N–H and O–H groups in total. The Morgan fingerprint density at radius 1 is 1.41 bits per heavy atom. The maximum Gasteiger partial charge on any atom is 0.355 e. The highest BCUT2D eigenvalue weighted by Gasteiger charge is 2.10. The van der Waals surface area contributed by atoms with Crippen LogP contribution in [0.3, 0.4) is 0 Å². The highest BCUT2D eigenvalue weighted by molar-refractivity contribution is 5.33. The van der Waals surface area contributed by atoms with Crippen molar-refractivity contribution in [2.75, 3.05) is 12.4 Å². The zero-order chi connectivity index (χ0) is 16.3. The third-order valence-electron chi connectivity index (χ3n) is 3.07. The number of anilines is 1. The number of benzene rings is 1. The number of nitrogens with zero attached hydrogens (tertiary/aromatic N) is 2. The minimum absolute atomic E-state index is 0.00544. The van der Waals surface area contributed by atoms with Crippen LogP contribution in [0, 0.1) is 5.82 Å². The summed E-state index contributed by atoms with van der Waals surface area (Å²) in [6.45, 7) is 3.46. The van der Waals surface area contributed by atoms with Gasteiger partial charge in [-0.15, -0.1) is 0 Å². The lowest BCUT2D eigenvalue weighted by atomic mass is 10.2. The van der Waals surface area contributed by atoms with E-state index in [1.807, 2.05) is 0 Å². The number of ether oxygens (including phenoxy) is 1. The maximum atomic E-state index is 13.7. The lowest BCUT2D eigenvalue weighted by molar-refractivity contribution is 0.413. The second-order valence-corrected chi connectivity index (χ2v) is 4.95. The van der Waals surface area contributed by atoms with E-state index >= 15 is 0 Å². The van der Waals surface area contributed by atoms with Crippen molar-refractivity contribution in [1.82, 2.24) is 14.5 Å². The average Bonchev–Trinajstić information content (AvgIpc) is 2.45. The van der Waals surface area contributed by atoms with Crippen molar-refractivity contribution in [3.05, 3.63) is 50.5 Å². The summed E-state index contributed by atoms with van der Waals surface area (Å²) in [5.74, 6) is 0.0789. The van der Waals surface area contributed by atoms with Crippen molar-refractivity contribution < 1.29 is 9.13 Å². The second kappa shape index (κ2) is 6.42. The summed E-state index contributed by atoms with van der Waals surface area (Å²) >= 11 is 0. The molecule has 1 aromatic carbocycles. The molecule has 0 aliphatic carbocycles. The van der Waals surface area contributed by atoms with E-state index in [2.05, 4.69) is 15.3 Å². The molecule has 0 aliphatic heterocycles. The van der Waals surface area contributed by atoms with E-state index in [1.54, 1.807) is 13.8 Å². The standard InChI is InChI=1S/C14H17FN4O3/c1-8(2)19-13(20)17-12(18-14(19)21)16-7-9-6-10(22-3)4-5-11(9)15/h4-6,8H,7H2,1-3H3,(H2,16,17,18,20,21). The Labute approximate surface area is 125 Å². The highest BCUT2D eigenvalue weighted by Crippen LogP contribution is 2.17. The number of nitrogens with one attached hydrogen (secondary N) is 2. The second-order valence-electron chi connectivity index (χ2n) is 4.95. The summed E-state index contributed by atoms with van der Waals surface area (Å²) in [7, 11) is 1.48. The fourth-order valence-corrected chi connectivity index (χ4v) is 1.96. The van der Waals surface area contributed by atoms with Gasteiger partial charge in [0.2, 0.25) is 5.95 Å². The molecule has 0 bridgehead atoms. The summed E-state index contributed by atoms with van der Waals surface area (Å²) in [4.78, 5) is 29.8. The van der Waals surface area contributed by atoms with Crippen molar-refractivity contribution >= 4 is 5.95 Å². The molecule has 0 saturated carbocycles. The van der Waals surface area contributed by atoms with Crippen molar-refractivity contribution in [2.45, 2.75) is 26.4 Å². The predicted octanol–water partition coefficient (Wildman–Crippen LogP) is 1.27. The fourth-order valence-electron chi connectivity index (χ4n) is 1.96. The quantitative estimate of drug-likeness (QED) is 0.868. The van der Waals surface area contributed by atoms with Crippen molar-refractivity contribution in [3.63, 3.8) is 0 Å². The molecule has 0 atom stereocenters. The third kappa shape index (κ3) is 3.33. The van der Waals surface area contributed by atoms with Crippen molar-refractivity contribution in [2.24, 2.45) is 0 Å². The van der Waals surface area contributed by atoms with Crippen LogP contribution in [0.15, 0.2) is 27.8 Å². The molecular formula is C14H17FN4O3. The van der Waals surface area contributed by atoms with Gasteiger partial charge in [0.1, 0.15) is 11.6 Å². The molecule has 0 unspecified atom stereocenters. The monoisotopic (exact) mass is 308 g/mol. The van der Waals surface area contributed by atoms with E-state index in [0.717, 1.165) is 4.57 Å². The number of aromatic amines is 1. The number of methoxy groups -OCH3 is 1. The molecule has 0 spiro atoms. The first kappa shape index (κ1) is 15.7.